The van der Waals surface area contributed by atoms with E-state index in [2.05, 4.69) is 10.2 Å². The molecule has 0 unspecified atom stereocenters. The van der Waals surface area contributed by atoms with Gasteiger partial charge in [0, 0.05) is 0 Å². The summed E-state index contributed by atoms with van der Waals surface area (Å²) < 4.78 is 11.4. The Bertz CT molecular complexity index is 289. The lowest BCUT2D eigenvalue weighted by Crippen LogP contribution is -2.10. The number of rotatable bonds is 1. The molecule has 0 fully saturated rings. The third-order valence-corrected chi connectivity index (χ3v) is 2.56. The standard InChI is InChI=1S/C6H10N3OP/c1-11(2,10)6-4-3-5(7)8-9-6/h3-4H,1-2H3,(H2,7,8). The first-order valence-corrected chi connectivity index (χ1v) is 5.75. The molecular weight excluding hydrogens is 161 g/mol. The fourth-order valence-electron chi connectivity index (χ4n) is 0.623. The molecular formula is C6H10N3OP. The van der Waals surface area contributed by atoms with E-state index in [9.17, 15) is 4.57 Å². The van der Waals surface area contributed by atoms with E-state index in [1.54, 1.807) is 25.5 Å². The van der Waals surface area contributed by atoms with Crippen molar-refractivity contribution in [2.75, 3.05) is 19.1 Å². The second kappa shape index (κ2) is 2.62. The molecule has 0 spiro atoms. The molecule has 0 bridgehead atoms. The van der Waals surface area contributed by atoms with E-state index in [1.807, 2.05) is 0 Å². The molecule has 0 aromatic carbocycles. The molecule has 0 radical (unpaired) electrons. The molecule has 1 rings (SSSR count). The van der Waals surface area contributed by atoms with Crippen molar-refractivity contribution in [3.63, 3.8) is 0 Å². The van der Waals surface area contributed by atoms with Gasteiger partial charge in [-0.15, -0.1) is 10.2 Å². The average molecular weight is 171 g/mol. The second-order valence-corrected chi connectivity index (χ2v) is 5.83. The van der Waals surface area contributed by atoms with Crippen molar-refractivity contribution >= 4 is 18.4 Å². The first kappa shape index (κ1) is 8.21. The van der Waals surface area contributed by atoms with Crippen LogP contribution >= 0.6 is 7.14 Å². The predicted molar refractivity (Wildman–Crippen MR) is 45.5 cm³/mol. The summed E-state index contributed by atoms with van der Waals surface area (Å²) in [5.74, 6) is 0.349. The monoisotopic (exact) mass is 171 g/mol. The summed E-state index contributed by atoms with van der Waals surface area (Å²) >= 11 is 0. The van der Waals surface area contributed by atoms with Crippen LogP contribution in [0.4, 0.5) is 5.82 Å². The molecule has 0 aliphatic carbocycles. The van der Waals surface area contributed by atoms with Crippen molar-refractivity contribution < 1.29 is 4.57 Å². The van der Waals surface area contributed by atoms with Crippen LogP contribution in [0.25, 0.3) is 0 Å². The lowest BCUT2D eigenvalue weighted by Gasteiger charge is -2.02. The van der Waals surface area contributed by atoms with E-state index in [0.29, 0.717) is 11.3 Å². The SMILES string of the molecule is CP(C)(=O)c1ccc(N)nn1. The molecule has 11 heavy (non-hydrogen) atoms. The number of nitrogens with two attached hydrogens (primary N) is 1. The summed E-state index contributed by atoms with van der Waals surface area (Å²) in [6, 6.07) is 3.24. The van der Waals surface area contributed by atoms with E-state index >= 15 is 0 Å². The fourth-order valence-corrected chi connectivity index (χ4v) is 1.32. The molecule has 1 aromatic heterocycles. The van der Waals surface area contributed by atoms with E-state index < -0.39 is 7.14 Å². The van der Waals surface area contributed by atoms with Gasteiger partial charge in [-0.3, -0.25) is 0 Å². The van der Waals surface area contributed by atoms with Crippen molar-refractivity contribution in [3.8, 4) is 0 Å². The number of nitrogens with zero attached hydrogens (tertiary/aromatic N) is 2. The van der Waals surface area contributed by atoms with Gasteiger partial charge in [-0.2, -0.15) is 0 Å². The van der Waals surface area contributed by atoms with Crippen LogP contribution in [0.1, 0.15) is 0 Å². The van der Waals surface area contributed by atoms with Crippen LogP contribution in [0, 0.1) is 0 Å². The van der Waals surface area contributed by atoms with Crippen molar-refractivity contribution in [2.24, 2.45) is 0 Å². The molecule has 0 atom stereocenters. The van der Waals surface area contributed by atoms with Crippen LogP contribution in [0.3, 0.4) is 0 Å². The Hall–Kier alpha value is -0.890. The molecule has 60 valence electrons. The minimum atomic E-state index is -2.27. The van der Waals surface area contributed by atoms with Crippen molar-refractivity contribution in [2.45, 2.75) is 0 Å². The first-order valence-electron chi connectivity index (χ1n) is 3.15. The van der Waals surface area contributed by atoms with Crippen molar-refractivity contribution in [3.05, 3.63) is 12.1 Å². The van der Waals surface area contributed by atoms with E-state index in [0.717, 1.165) is 0 Å². The predicted octanol–water partition coefficient (Wildman–Crippen LogP) is 0.307. The summed E-state index contributed by atoms with van der Waals surface area (Å²) in [5, 5.41) is 7.31. The zero-order chi connectivity index (χ0) is 8.48. The molecule has 0 saturated heterocycles. The van der Waals surface area contributed by atoms with Crippen LogP contribution < -0.4 is 11.2 Å². The Morgan fingerprint density at radius 3 is 2.36 bits per heavy atom. The summed E-state index contributed by atoms with van der Waals surface area (Å²) in [4.78, 5) is 0. The van der Waals surface area contributed by atoms with E-state index in [1.165, 1.54) is 0 Å². The Balaban J connectivity index is 3.09. The zero-order valence-corrected chi connectivity index (χ0v) is 7.38. The largest absolute Gasteiger partial charge is 0.382 e. The van der Waals surface area contributed by atoms with E-state index in [-0.39, 0.29) is 0 Å². The lowest BCUT2D eigenvalue weighted by molar-refractivity contribution is 0.587. The molecule has 1 heterocycles. The normalized spacial score (nSPS) is 11.5. The highest BCUT2D eigenvalue weighted by atomic mass is 31.2. The Labute approximate surface area is 65.2 Å². The topological polar surface area (TPSA) is 68.9 Å². The lowest BCUT2D eigenvalue weighted by atomic mass is 10.5. The molecule has 2 N–H and O–H groups in total. The van der Waals surface area contributed by atoms with Crippen LogP contribution in [0.15, 0.2) is 12.1 Å². The minimum absolute atomic E-state index is 0.349. The molecule has 1 aromatic rings. The van der Waals surface area contributed by atoms with Gasteiger partial charge in [-0.05, 0) is 25.5 Å². The van der Waals surface area contributed by atoms with Gasteiger partial charge in [0.15, 0.2) is 0 Å². The highest BCUT2D eigenvalue weighted by molar-refractivity contribution is 7.69. The van der Waals surface area contributed by atoms with Gasteiger partial charge in [0.2, 0.25) is 0 Å². The maximum atomic E-state index is 11.4. The highest BCUT2D eigenvalue weighted by Gasteiger charge is 2.12. The molecule has 5 heteroatoms. The van der Waals surface area contributed by atoms with Crippen LogP contribution in [0.2, 0.25) is 0 Å². The Kier molecular flexibility index (Phi) is 1.96. The number of hydrogen-bond donors (Lipinski definition) is 1. The van der Waals surface area contributed by atoms with E-state index in [4.69, 9.17) is 5.73 Å². The second-order valence-electron chi connectivity index (χ2n) is 2.67. The quantitative estimate of drug-likeness (QED) is 0.617. The third-order valence-electron chi connectivity index (χ3n) is 1.22. The molecule has 0 amide bonds. The fraction of sp³-hybridized carbons (Fsp3) is 0.333. The Morgan fingerprint density at radius 2 is 2.00 bits per heavy atom. The maximum absolute atomic E-state index is 11.4. The maximum Gasteiger partial charge on any atom is 0.146 e. The Morgan fingerprint density at radius 1 is 1.36 bits per heavy atom. The van der Waals surface area contributed by atoms with Crippen molar-refractivity contribution in [1.29, 1.82) is 0 Å². The number of anilines is 1. The van der Waals surface area contributed by atoms with Gasteiger partial charge in [0.05, 0.1) is 0 Å². The summed E-state index contributed by atoms with van der Waals surface area (Å²) in [5.41, 5.74) is 5.83. The molecule has 0 saturated carbocycles. The van der Waals surface area contributed by atoms with Gasteiger partial charge >= 0.3 is 0 Å². The highest BCUT2D eigenvalue weighted by Crippen LogP contribution is 2.32. The summed E-state index contributed by atoms with van der Waals surface area (Å²) in [6.45, 7) is 3.29. The minimum Gasteiger partial charge on any atom is -0.382 e. The van der Waals surface area contributed by atoms with Crippen LogP contribution in [-0.2, 0) is 4.57 Å². The van der Waals surface area contributed by atoms with Gasteiger partial charge in [-0.1, -0.05) is 0 Å². The first-order chi connectivity index (χ1) is 5.00. The van der Waals surface area contributed by atoms with Crippen LogP contribution in [-0.4, -0.2) is 23.5 Å². The molecule has 0 aliphatic rings. The molecule has 0 aliphatic heterocycles. The van der Waals surface area contributed by atoms with Gasteiger partial charge < -0.3 is 10.3 Å². The summed E-state index contributed by atoms with van der Waals surface area (Å²) in [6.07, 6.45) is 0. The number of nitrogen functional groups attached to an aromatic ring is 1. The van der Waals surface area contributed by atoms with Crippen LogP contribution in [0.5, 0.6) is 0 Å². The van der Waals surface area contributed by atoms with Gasteiger partial charge in [-0.25, -0.2) is 0 Å². The number of hydrogen-bond acceptors (Lipinski definition) is 4. The smallest absolute Gasteiger partial charge is 0.146 e. The van der Waals surface area contributed by atoms with Gasteiger partial charge in [0.25, 0.3) is 0 Å². The van der Waals surface area contributed by atoms with Gasteiger partial charge in [0.1, 0.15) is 18.4 Å². The number of aromatic nitrogens is 2. The molecule has 4 nitrogen and oxygen atoms in total. The average Bonchev–Trinajstić information content (AvgIpc) is 1.86. The van der Waals surface area contributed by atoms with Crippen molar-refractivity contribution in [1.82, 2.24) is 10.2 Å². The third kappa shape index (κ3) is 2.02. The summed E-state index contributed by atoms with van der Waals surface area (Å²) in [7, 11) is -2.27. The zero-order valence-electron chi connectivity index (χ0n) is 6.48.